The molecule has 0 atom stereocenters. The van der Waals surface area contributed by atoms with Gasteiger partial charge < -0.3 is 19.9 Å². The van der Waals surface area contributed by atoms with Gasteiger partial charge in [-0.3, -0.25) is 4.79 Å². The molecule has 0 aliphatic carbocycles. The van der Waals surface area contributed by atoms with E-state index in [9.17, 15) is 4.79 Å². The molecular formula is C21H25N3O2. The Hall–Kier alpha value is -2.53. The molecule has 136 valence electrons. The fraction of sp³-hybridized carbons (Fsp3) is 0.381. The monoisotopic (exact) mass is 351 g/mol. The average molecular weight is 351 g/mol. The summed E-state index contributed by atoms with van der Waals surface area (Å²) in [7, 11) is 0. The van der Waals surface area contributed by atoms with E-state index in [0.29, 0.717) is 5.56 Å². The zero-order valence-electron chi connectivity index (χ0n) is 15.0. The molecule has 2 aromatic carbocycles. The van der Waals surface area contributed by atoms with Crippen molar-refractivity contribution >= 4 is 23.0 Å². The van der Waals surface area contributed by atoms with Crippen LogP contribution in [0.1, 0.15) is 23.2 Å². The predicted octanol–water partition coefficient (Wildman–Crippen LogP) is 3.38. The molecule has 0 aromatic heterocycles. The molecule has 0 spiro atoms. The van der Waals surface area contributed by atoms with Gasteiger partial charge in [-0.2, -0.15) is 0 Å². The number of ether oxygens (including phenoxy) is 1. The maximum Gasteiger partial charge on any atom is 0.255 e. The van der Waals surface area contributed by atoms with Crippen molar-refractivity contribution < 1.29 is 9.53 Å². The molecule has 1 amide bonds. The number of carbonyl (C=O) groups is 1. The van der Waals surface area contributed by atoms with Crippen LogP contribution in [0.5, 0.6) is 0 Å². The molecule has 1 N–H and O–H groups in total. The van der Waals surface area contributed by atoms with Crippen molar-refractivity contribution in [3.8, 4) is 0 Å². The number of amides is 1. The van der Waals surface area contributed by atoms with Crippen LogP contribution in [-0.4, -0.2) is 45.3 Å². The first kappa shape index (κ1) is 16.9. The molecule has 2 fully saturated rings. The van der Waals surface area contributed by atoms with E-state index >= 15 is 0 Å². The molecule has 5 heteroatoms. The van der Waals surface area contributed by atoms with Crippen LogP contribution in [0.2, 0.25) is 0 Å². The van der Waals surface area contributed by atoms with Crippen molar-refractivity contribution in [2.24, 2.45) is 0 Å². The van der Waals surface area contributed by atoms with Crippen molar-refractivity contribution in [3.63, 3.8) is 0 Å². The van der Waals surface area contributed by atoms with Gasteiger partial charge in [-0.25, -0.2) is 0 Å². The molecule has 0 bridgehead atoms. The Bertz CT molecular complexity index is 751. The van der Waals surface area contributed by atoms with Gasteiger partial charge in [0.1, 0.15) is 0 Å². The summed E-state index contributed by atoms with van der Waals surface area (Å²) in [5.41, 5.74) is 3.82. The quantitative estimate of drug-likeness (QED) is 0.917. The zero-order valence-corrected chi connectivity index (χ0v) is 15.0. The van der Waals surface area contributed by atoms with E-state index in [1.54, 1.807) is 0 Å². The van der Waals surface area contributed by atoms with Crippen LogP contribution in [0.3, 0.4) is 0 Å². The highest BCUT2D eigenvalue weighted by molar-refractivity contribution is 6.06. The fourth-order valence-electron chi connectivity index (χ4n) is 3.66. The van der Waals surface area contributed by atoms with Gasteiger partial charge in [0.2, 0.25) is 0 Å². The molecule has 2 aliphatic heterocycles. The van der Waals surface area contributed by atoms with Crippen molar-refractivity contribution in [2.45, 2.75) is 12.8 Å². The standard InChI is InChI=1S/C21H25N3O2/c25-21(17-6-2-1-3-7-17)22-19-16-18(23-12-14-26-15-13-23)8-9-20(19)24-10-4-5-11-24/h1-3,6-9,16H,4-5,10-15H2,(H,22,25). The van der Waals surface area contributed by atoms with Crippen LogP contribution in [-0.2, 0) is 4.74 Å². The third kappa shape index (κ3) is 3.68. The fourth-order valence-corrected chi connectivity index (χ4v) is 3.66. The third-order valence-electron chi connectivity index (χ3n) is 5.09. The summed E-state index contributed by atoms with van der Waals surface area (Å²) in [6, 6.07) is 15.8. The number of rotatable bonds is 4. The Morgan fingerprint density at radius 1 is 0.885 bits per heavy atom. The molecule has 2 heterocycles. The summed E-state index contributed by atoms with van der Waals surface area (Å²) in [6.45, 7) is 5.36. The number of hydrogen-bond donors (Lipinski definition) is 1. The molecular weight excluding hydrogens is 326 g/mol. The third-order valence-corrected chi connectivity index (χ3v) is 5.09. The van der Waals surface area contributed by atoms with Crippen LogP contribution in [0.15, 0.2) is 48.5 Å². The zero-order chi connectivity index (χ0) is 17.8. The molecule has 0 radical (unpaired) electrons. The first-order valence-electron chi connectivity index (χ1n) is 9.39. The number of nitrogens with one attached hydrogen (secondary N) is 1. The van der Waals surface area contributed by atoms with Crippen molar-refractivity contribution in [1.82, 2.24) is 0 Å². The minimum absolute atomic E-state index is 0.0647. The number of anilines is 3. The van der Waals surface area contributed by atoms with Crippen molar-refractivity contribution in [2.75, 3.05) is 54.5 Å². The van der Waals surface area contributed by atoms with Crippen LogP contribution < -0.4 is 15.1 Å². The normalized spacial score (nSPS) is 17.4. The first-order chi connectivity index (χ1) is 12.8. The Morgan fingerprint density at radius 2 is 1.62 bits per heavy atom. The lowest BCUT2D eigenvalue weighted by molar-refractivity contribution is 0.102. The first-order valence-corrected chi connectivity index (χ1v) is 9.39. The summed E-state index contributed by atoms with van der Waals surface area (Å²) in [5.74, 6) is -0.0647. The number of morpholine rings is 1. The van der Waals surface area contributed by atoms with E-state index in [2.05, 4.69) is 33.3 Å². The van der Waals surface area contributed by atoms with Gasteiger partial charge in [0.05, 0.1) is 24.6 Å². The second-order valence-corrected chi connectivity index (χ2v) is 6.82. The van der Waals surface area contributed by atoms with Crippen LogP contribution in [0, 0.1) is 0 Å². The van der Waals surface area contributed by atoms with Crippen LogP contribution in [0.25, 0.3) is 0 Å². The van der Waals surface area contributed by atoms with Gasteiger partial charge in [0.25, 0.3) is 5.91 Å². The van der Waals surface area contributed by atoms with Crippen molar-refractivity contribution in [1.29, 1.82) is 0 Å². The lowest BCUT2D eigenvalue weighted by Crippen LogP contribution is -2.36. The lowest BCUT2D eigenvalue weighted by Gasteiger charge is -2.30. The number of nitrogens with zero attached hydrogens (tertiary/aromatic N) is 2. The highest BCUT2D eigenvalue weighted by atomic mass is 16.5. The number of benzene rings is 2. The summed E-state index contributed by atoms with van der Waals surface area (Å²) in [5, 5.41) is 3.14. The molecule has 5 nitrogen and oxygen atoms in total. The summed E-state index contributed by atoms with van der Waals surface area (Å²) in [6.07, 6.45) is 2.41. The molecule has 2 aromatic rings. The molecule has 26 heavy (non-hydrogen) atoms. The van der Waals surface area contributed by atoms with Gasteiger partial charge in [-0.15, -0.1) is 0 Å². The molecule has 0 saturated carbocycles. The van der Waals surface area contributed by atoms with Gasteiger partial charge in [-0.1, -0.05) is 18.2 Å². The number of carbonyl (C=O) groups excluding carboxylic acids is 1. The van der Waals surface area contributed by atoms with Crippen LogP contribution >= 0.6 is 0 Å². The molecule has 2 aliphatic rings. The van der Waals surface area contributed by atoms with E-state index in [0.717, 1.165) is 56.5 Å². The van der Waals surface area contributed by atoms with E-state index < -0.39 is 0 Å². The minimum atomic E-state index is -0.0647. The lowest BCUT2D eigenvalue weighted by atomic mass is 10.1. The Balaban J connectivity index is 1.63. The summed E-state index contributed by atoms with van der Waals surface area (Å²) in [4.78, 5) is 17.4. The second kappa shape index (κ2) is 7.79. The van der Waals surface area contributed by atoms with E-state index in [1.807, 2.05) is 30.3 Å². The van der Waals surface area contributed by atoms with E-state index in [4.69, 9.17) is 4.74 Å². The maximum absolute atomic E-state index is 12.7. The van der Waals surface area contributed by atoms with Crippen molar-refractivity contribution in [3.05, 3.63) is 54.1 Å². The maximum atomic E-state index is 12.7. The second-order valence-electron chi connectivity index (χ2n) is 6.82. The summed E-state index contributed by atoms with van der Waals surface area (Å²) < 4.78 is 5.46. The predicted molar refractivity (Wildman–Crippen MR) is 105 cm³/mol. The van der Waals surface area contributed by atoms with E-state index in [-0.39, 0.29) is 5.91 Å². The van der Waals surface area contributed by atoms with E-state index in [1.165, 1.54) is 12.8 Å². The van der Waals surface area contributed by atoms with Gasteiger partial charge in [-0.05, 0) is 43.2 Å². The smallest absolute Gasteiger partial charge is 0.255 e. The topological polar surface area (TPSA) is 44.8 Å². The Kier molecular flexibility index (Phi) is 5.07. The molecule has 2 saturated heterocycles. The largest absolute Gasteiger partial charge is 0.378 e. The minimum Gasteiger partial charge on any atom is -0.378 e. The summed E-state index contributed by atoms with van der Waals surface area (Å²) >= 11 is 0. The van der Waals surface area contributed by atoms with Gasteiger partial charge in [0.15, 0.2) is 0 Å². The number of hydrogen-bond acceptors (Lipinski definition) is 4. The van der Waals surface area contributed by atoms with Gasteiger partial charge >= 0.3 is 0 Å². The highest BCUT2D eigenvalue weighted by Crippen LogP contribution is 2.33. The Morgan fingerprint density at radius 3 is 2.35 bits per heavy atom. The van der Waals surface area contributed by atoms with Gasteiger partial charge in [0, 0.05) is 37.4 Å². The SMILES string of the molecule is O=C(Nc1cc(N2CCOCC2)ccc1N1CCCC1)c1ccccc1. The highest BCUT2D eigenvalue weighted by Gasteiger charge is 2.20. The molecule has 4 rings (SSSR count). The average Bonchev–Trinajstić information content (AvgIpc) is 3.24. The Labute approximate surface area is 154 Å². The molecule has 0 unspecified atom stereocenters. The van der Waals surface area contributed by atoms with Crippen LogP contribution in [0.4, 0.5) is 17.1 Å².